The van der Waals surface area contributed by atoms with Gasteiger partial charge in [0.05, 0.1) is 18.1 Å². The Morgan fingerprint density at radius 3 is 2.70 bits per heavy atom. The van der Waals surface area contributed by atoms with E-state index in [1.54, 1.807) is 6.92 Å². The van der Waals surface area contributed by atoms with Crippen LogP contribution in [0.2, 0.25) is 0 Å². The highest BCUT2D eigenvalue weighted by Gasteiger charge is 2.60. The summed E-state index contributed by atoms with van der Waals surface area (Å²) in [6, 6.07) is 0. The minimum Gasteiger partial charge on any atom is -0.462 e. The summed E-state index contributed by atoms with van der Waals surface area (Å²) in [4.78, 5) is 23.5. The van der Waals surface area contributed by atoms with Gasteiger partial charge in [-0.1, -0.05) is 13.5 Å². The zero-order valence-electron chi connectivity index (χ0n) is 13.5. The van der Waals surface area contributed by atoms with Gasteiger partial charge in [0, 0.05) is 24.3 Å². The Bertz CT molecular complexity index is 621. The van der Waals surface area contributed by atoms with Gasteiger partial charge in [0.1, 0.15) is 12.2 Å². The molecule has 6 atom stereocenters. The lowest BCUT2D eigenvalue weighted by Crippen LogP contribution is -2.55. The van der Waals surface area contributed by atoms with E-state index >= 15 is 0 Å². The lowest BCUT2D eigenvalue weighted by molar-refractivity contribution is -0.158. The third-order valence-electron chi connectivity index (χ3n) is 5.57. The summed E-state index contributed by atoms with van der Waals surface area (Å²) in [6.07, 6.45) is -2.23. The molecule has 0 aromatic rings. The fourth-order valence-electron chi connectivity index (χ4n) is 4.37. The molecule has 6 heteroatoms. The van der Waals surface area contributed by atoms with Gasteiger partial charge in [-0.2, -0.15) is 0 Å². The first-order valence-corrected chi connectivity index (χ1v) is 7.81. The van der Waals surface area contributed by atoms with Crippen molar-refractivity contribution in [3.8, 4) is 0 Å². The molecule has 2 fully saturated rings. The predicted octanol–water partition coefficient (Wildman–Crippen LogP) is 0.868. The topological polar surface area (TPSA) is 93.1 Å². The summed E-state index contributed by atoms with van der Waals surface area (Å²) in [5.41, 5.74) is 1.02. The quantitative estimate of drug-likeness (QED) is 0.423. The molecule has 2 aliphatic carbocycles. The Morgan fingerprint density at radius 1 is 1.43 bits per heavy atom. The van der Waals surface area contributed by atoms with Gasteiger partial charge < -0.3 is 19.7 Å². The number of fused-ring (bicyclic) bond motifs is 3. The normalized spacial score (nSPS) is 42.9. The van der Waals surface area contributed by atoms with Crippen LogP contribution in [0.15, 0.2) is 23.3 Å². The van der Waals surface area contributed by atoms with Crippen LogP contribution in [0.1, 0.15) is 33.6 Å². The van der Waals surface area contributed by atoms with Crippen LogP contribution in [0, 0.1) is 11.3 Å². The van der Waals surface area contributed by atoms with E-state index in [1.165, 1.54) is 6.92 Å². The van der Waals surface area contributed by atoms with E-state index in [9.17, 15) is 19.8 Å². The van der Waals surface area contributed by atoms with Crippen LogP contribution in [0.5, 0.6) is 0 Å². The smallest absolute Gasteiger partial charge is 0.334 e. The zero-order chi connectivity index (χ0) is 17.1. The molecule has 1 heterocycles. The molecular formula is C17H22O6. The van der Waals surface area contributed by atoms with Crippen molar-refractivity contribution in [3.63, 3.8) is 0 Å². The number of aliphatic hydroxyl groups excluding tert-OH is 2. The molecule has 6 unspecified atom stereocenters. The number of hydrogen-bond acceptors (Lipinski definition) is 6. The van der Waals surface area contributed by atoms with Crippen molar-refractivity contribution in [2.75, 3.05) is 0 Å². The molecule has 3 aliphatic rings. The van der Waals surface area contributed by atoms with Crippen molar-refractivity contribution in [2.45, 2.75) is 58.0 Å². The Balaban J connectivity index is 2.13. The van der Waals surface area contributed by atoms with Crippen LogP contribution < -0.4 is 0 Å². The first-order chi connectivity index (χ1) is 10.7. The molecule has 1 saturated carbocycles. The third kappa shape index (κ3) is 2.23. The average molecular weight is 322 g/mol. The first-order valence-electron chi connectivity index (χ1n) is 7.81. The molecule has 0 radical (unpaired) electrons. The second kappa shape index (κ2) is 5.18. The van der Waals surface area contributed by atoms with E-state index < -0.39 is 47.7 Å². The fourth-order valence-corrected chi connectivity index (χ4v) is 4.37. The van der Waals surface area contributed by atoms with E-state index in [0.717, 1.165) is 11.1 Å². The van der Waals surface area contributed by atoms with Gasteiger partial charge in [0.2, 0.25) is 0 Å². The molecule has 0 aromatic heterocycles. The first kappa shape index (κ1) is 16.2. The molecule has 6 nitrogen and oxygen atoms in total. The second-order valence-corrected chi connectivity index (χ2v) is 7.01. The van der Waals surface area contributed by atoms with Crippen LogP contribution in [0.3, 0.4) is 0 Å². The maximum absolute atomic E-state index is 12.0. The third-order valence-corrected chi connectivity index (χ3v) is 5.57. The predicted molar refractivity (Wildman–Crippen MR) is 80.1 cm³/mol. The van der Waals surface area contributed by atoms with Gasteiger partial charge in [0.25, 0.3) is 0 Å². The van der Waals surface area contributed by atoms with E-state index in [2.05, 4.69) is 6.58 Å². The molecule has 0 bridgehead atoms. The average Bonchev–Trinajstić information content (AvgIpc) is 2.72. The van der Waals surface area contributed by atoms with Gasteiger partial charge >= 0.3 is 11.9 Å². The molecule has 1 saturated heterocycles. The Labute approximate surface area is 134 Å². The van der Waals surface area contributed by atoms with Crippen molar-refractivity contribution >= 4 is 11.9 Å². The van der Waals surface area contributed by atoms with Crippen LogP contribution >= 0.6 is 0 Å². The van der Waals surface area contributed by atoms with Gasteiger partial charge in [-0.15, -0.1) is 0 Å². The Kier molecular flexibility index (Phi) is 3.65. The van der Waals surface area contributed by atoms with Crippen molar-refractivity contribution in [1.82, 2.24) is 0 Å². The van der Waals surface area contributed by atoms with Crippen molar-refractivity contribution in [2.24, 2.45) is 11.3 Å². The van der Waals surface area contributed by atoms with Crippen molar-refractivity contribution in [1.29, 1.82) is 0 Å². The fraction of sp³-hybridized carbons (Fsp3) is 0.647. The second-order valence-electron chi connectivity index (χ2n) is 7.01. The minimum atomic E-state index is -0.803. The SMILES string of the molecule is C=C1C(=O)OC2C3=C(C)C(O)CC(O)C3(C)CC(OC(C)=O)C12. The van der Waals surface area contributed by atoms with Crippen molar-refractivity contribution < 1.29 is 29.3 Å². The molecular weight excluding hydrogens is 300 g/mol. The lowest BCUT2D eigenvalue weighted by Gasteiger charge is -2.51. The number of ether oxygens (including phenoxy) is 2. The summed E-state index contributed by atoms with van der Waals surface area (Å²) in [5.74, 6) is -1.43. The van der Waals surface area contributed by atoms with E-state index in [1.807, 2.05) is 6.92 Å². The summed E-state index contributed by atoms with van der Waals surface area (Å²) in [6.45, 7) is 8.76. The number of rotatable bonds is 1. The Morgan fingerprint density at radius 2 is 2.09 bits per heavy atom. The number of carbonyl (C=O) groups is 2. The lowest BCUT2D eigenvalue weighted by atomic mass is 9.57. The maximum atomic E-state index is 12.0. The van der Waals surface area contributed by atoms with Gasteiger partial charge in [0.15, 0.2) is 0 Å². The van der Waals surface area contributed by atoms with Crippen LogP contribution in [0.25, 0.3) is 0 Å². The zero-order valence-corrected chi connectivity index (χ0v) is 13.5. The van der Waals surface area contributed by atoms with Crippen molar-refractivity contribution in [3.05, 3.63) is 23.3 Å². The summed E-state index contributed by atoms with van der Waals surface area (Å²) >= 11 is 0. The number of carbonyl (C=O) groups excluding carboxylic acids is 2. The van der Waals surface area contributed by atoms with Gasteiger partial charge in [-0.3, -0.25) is 4.79 Å². The standard InChI is InChI=1S/C17H22O6/c1-7-10(19)5-12(20)17(4)6-11(22-9(3)18)13-8(2)16(21)23-15(13)14(7)17/h10-13,15,19-20H,2,5-6H2,1,3-4H3. The molecule has 0 amide bonds. The van der Waals surface area contributed by atoms with Crippen LogP contribution in [-0.4, -0.2) is 46.6 Å². The van der Waals surface area contributed by atoms with E-state index in [-0.39, 0.29) is 12.0 Å². The molecule has 3 rings (SSSR count). The van der Waals surface area contributed by atoms with Crippen LogP contribution in [0.4, 0.5) is 0 Å². The number of aliphatic hydroxyl groups is 2. The Hall–Kier alpha value is -1.66. The highest BCUT2D eigenvalue weighted by atomic mass is 16.6. The largest absolute Gasteiger partial charge is 0.462 e. The van der Waals surface area contributed by atoms with Gasteiger partial charge in [-0.25, -0.2) is 4.79 Å². The molecule has 23 heavy (non-hydrogen) atoms. The molecule has 1 aliphatic heterocycles. The van der Waals surface area contributed by atoms with E-state index in [4.69, 9.17) is 9.47 Å². The maximum Gasteiger partial charge on any atom is 0.334 e. The summed E-state index contributed by atoms with van der Waals surface area (Å²) < 4.78 is 10.9. The monoisotopic (exact) mass is 322 g/mol. The summed E-state index contributed by atoms with van der Waals surface area (Å²) in [5, 5.41) is 20.8. The summed E-state index contributed by atoms with van der Waals surface area (Å²) in [7, 11) is 0. The highest BCUT2D eigenvalue weighted by molar-refractivity contribution is 5.91. The minimum absolute atomic E-state index is 0.213. The molecule has 2 N–H and O–H groups in total. The number of hydrogen-bond donors (Lipinski definition) is 2. The molecule has 0 aromatic carbocycles. The number of esters is 2. The van der Waals surface area contributed by atoms with E-state index in [0.29, 0.717) is 6.42 Å². The highest BCUT2D eigenvalue weighted by Crippen LogP contribution is 2.56. The van der Waals surface area contributed by atoms with Gasteiger partial charge in [-0.05, 0) is 24.5 Å². The molecule has 126 valence electrons. The van der Waals surface area contributed by atoms with Crippen LogP contribution in [-0.2, 0) is 19.1 Å². The molecule has 0 spiro atoms.